The highest BCUT2D eigenvalue weighted by Crippen LogP contribution is 2.19. The Hall–Kier alpha value is -2.84. The minimum absolute atomic E-state index is 0.128. The number of Topliss-reactive ketones (excluding diaryl/α,β-unsaturated/α-hetero) is 2. The zero-order valence-electron chi connectivity index (χ0n) is 82.3. The minimum atomic E-state index is -0.248. The fourth-order valence-corrected chi connectivity index (χ4v) is 9.94. The Morgan fingerprint density at radius 2 is 0.543 bits per heavy atom. The van der Waals surface area contributed by atoms with E-state index in [1.807, 2.05) is 117 Å². The highest BCUT2D eigenvalue weighted by molar-refractivity contribution is 5.77. The molecular weight excluding hydrogens is 1450 g/mol. The Bertz CT molecular complexity index is 2080. The number of allylic oxidation sites excluding steroid dienone is 10. The van der Waals surface area contributed by atoms with Crippen molar-refractivity contribution in [1.82, 2.24) is 0 Å². The van der Waals surface area contributed by atoms with Gasteiger partial charge in [0, 0.05) is 25.7 Å². The molecule has 0 aromatic heterocycles. The third-order valence-electron chi connectivity index (χ3n) is 22.0. The van der Waals surface area contributed by atoms with Crippen LogP contribution in [0.25, 0.3) is 0 Å². The Morgan fingerprint density at radius 3 is 0.836 bits per heavy atom. The maximum absolute atomic E-state index is 10.9. The van der Waals surface area contributed by atoms with Crippen LogP contribution < -0.4 is 0 Å². The quantitative estimate of drug-likeness (QED) is 0.0154. The van der Waals surface area contributed by atoms with Crippen LogP contribution in [-0.4, -0.2) is 135 Å². The number of carbonyl (C=O) groups excluding carboxylic acids is 2. The molecule has 1 unspecified atom stereocenters. The second kappa shape index (κ2) is 103. The predicted octanol–water partition coefficient (Wildman–Crippen LogP) is 26.3. The summed E-state index contributed by atoms with van der Waals surface area (Å²) in [6.45, 7) is 57.5. The molecule has 0 amide bonds. The molecule has 0 aromatic rings. The average molecular weight is 1650 g/mol. The summed E-state index contributed by atoms with van der Waals surface area (Å²) < 4.78 is 0. The van der Waals surface area contributed by atoms with Crippen molar-refractivity contribution in [3.63, 3.8) is 0 Å². The SMILES string of the molecule is C#CCC/C=C/C[C@@H](C)[C@H](C)O.C/C=C/C[C@@H](C)[C@H](C)O.CC(=O)CCCC/C=C/C[C@@H](C)[C@H](C)O.CC(O)CCC[C@@H](C)[C@H](C)O.CCC(=O)CCC[C@@H](C)[C@H](C)O.CCC/C=C/C[C@@H](C)[C@H](C)O.CCCCC/C=C/C[C@@H](C)[C@H](C)O.CCCCCCCC[C@@H](C)[C@H](C)O.CCCCCC[C@@H](C)[C@H](C)O.CCCC[C@@H](C)[C@H](C)O. The summed E-state index contributed by atoms with van der Waals surface area (Å²) in [6.07, 6.45) is 67.7. The van der Waals surface area contributed by atoms with Crippen molar-refractivity contribution in [2.75, 3.05) is 0 Å². The maximum Gasteiger partial charge on any atom is 0.132 e. The lowest BCUT2D eigenvalue weighted by atomic mass is 9.98. The molecule has 13 heteroatoms. The van der Waals surface area contributed by atoms with Gasteiger partial charge < -0.3 is 61.0 Å². The lowest BCUT2D eigenvalue weighted by Crippen LogP contribution is -2.13. The predicted molar refractivity (Wildman–Crippen MR) is 510 cm³/mol. The Labute approximate surface area is 724 Å². The standard InChI is InChI=1S/C13H24O2.C12H26O.C12H24O.C11H18O.C10H20O2.C10H22O.C10H20O.C9H20O2.C8H18O.C8H16O/c1-11(13(3)15)9-7-5-4-6-8-10-12(2)14;2*1-4-5-6-7-8-9-10-11(2)12(3)13;1-4-5-6-7-8-9-10(2)11(3)12;1-4-10(12)7-5-6-8(2)9(3)11;2*1-4-5-6-7-8-9(2)10(3)11;1-7(9(3)11)5-4-6-8(2)10;2*1-4-5-6-7(2)8(3)9/h5,7,11,13,15H,4,6,8-10H2,1-3H3;11-13H,4-10H2,1-3H3;8-9,11-13H,4-7,10H2,1-3H3;1,7-8,10-12H,5-6,9H2,2-3H3;8-9,11H,4-7H2,1-3H3;9-11H,4-8H2,1-3H3;6-7,9-11H,4-5,8H2,1-3H3;7-11H,4-6H2,1-3H3;7-9H,4-6H2,1-3H3;4-5,7-9H,6H2,1-3H3/b7-5+;;9-8+;8-7+;;;7-6+;;;5-4+/t11-,13+;2*11-,12+;10-,11+;8-,9+;2*9-,10+;7-,8?,9+;2*7-,8+/m1111111111/s1. The Morgan fingerprint density at radius 1 is 0.276 bits per heavy atom. The number of hydrogen-bond acceptors (Lipinski definition) is 13. The number of carbonyl (C=O) groups is 2. The molecule has 0 spiro atoms. The molecule has 0 saturated heterocycles. The van der Waals surface area contributed by atoms with Crippen molar-refractivity contribution < 1.29 is 65.8 Å². The van der Waals surface area contributed by atoms with Crippen LogP contribution in [0.3, 0.4) is 0 Å². The van der Waals surface area contributed by atoms with Crippen LogP contribution in [0.5, 0.6) is 0 Å². The smallest absolute Gasteiger partial charge is 0.132 e. The van der Waals surface area contributed by atoms with E-state index in [1.165, 1.54) is 122 Å². The van der Waals surface area contributed by atoms with Crippen molar-refractivity contribution in [1.29, 1.82) is 0 Å². The van der Waals surface area contributed by atoms with Crippen molar-refractivity contribution in [3.8, 4) is 12.3 Å². The molecule has 0 aliphatic rings. The van der Waals surface area contributed by atoms with Crippen LogP contribution in [0.15, 0.2) is 60.8 Å². The largest absolute Gasteiger partial charge is 0.393 e. The van der Waals surface area contributed by atoms with Gasteiger partial charge in [0.15, 0.2) is 0 Å². The van der Waals surface area contributed by atoms with Crippen molar-refractivity contribution in [3.05, 3.63) is 60.8 Å². The zero-order valence-corrected chi connectivity index (χ0v) is 82.3. The molecular formula is C103H208O13. The van der Waals surface area contributed by atoms with E-state index in [2.05, 4.69) is 130 Å². The fraction of sp³-hybridized carbons (Fsp3) is 0.864. The molecule has 698 valence electrons. The number of unbranched alkanes of at least 4 members (excludes halogenated alkanes) is 16. The first-order valence-electron chi connectivity index (χ1n) is 47.6. The third kappa shape index (κ3) is 124. The van der Waals surface area contributed by atoms with E-state index in [9.17, 15) is 30.0 Å². The Kier molecular flexibility index (Phi) is 118. The summed E-state index contributed by atoms with van der Waals surface area (Å²) in [4.78, 5) is 21.6. The van der Waals surface area contributed by atoms with E-state index in [-0.39, 0.29) is 72.9 Å². The fourth-order valence-electron chi connectivity index (χ4n) is 9.94. The van der Waals surface area contributed by atoms with Gasteiger partial charge in [0.1, 0.15) is 11.6 Å². The van der Waals surface area contributed by atoms with Crippen LogP contribution in [-0.2, 0) is 9.59 Å². The number of ketones is 2. The van der Waals surface area contributed by atoms with Crippen LogP contribution in [0.2, 0.25) is 0 Å². The van der Waals surface area contributed by atoms with E-state index in [0.717, 1.165) is 109 Å². The molecule has 0 aromatic carbocycles. The van der Waals surface area contributed by atoms with Gasteiger partial charge >= 0.3 is 0 Å². The Balaban J connectivity index is -0.000000135. The summed E-state index contributed by atoms with van der Waals surface area (Å²) in [7, 11) is 0. The van der Waals surface area contributed by atoms with E-state index in [1.54, 1.807) is 20.8 Å². The first kappa shape index (κ1) is 134. The number of aliphatic hydroxyl groups is 11. The molecule has 13 nitrogen and oxygen atoms in total. The summed E-state index contributed by atoms with van der Waals surface area (Å²) in [5.41, 5.74) is 0. The molecule has 0 aliphatic heterocycles. The number of rotatable bonds is 57. The lowest BCUT2D eigenvalue weighted by Gasteiger charge is -2.14. The van der Waals surface area contributed by atoms with Crippen molar-refractivity contribution in [2.45, 2.75) is 518 Å². The van der Waals surface area contributed by atoms with Gasteiger partial charge in [0.05, 0.1) is 67.1 Å². The normalized spacial score (nSPS) is 16.6. The van der Waals surface area contributed by atoms with Crippen LogP contribution >= 0.6 is 0 Å². The third-order valence-corrected chi connectivity index (χ3v) is 22.0. The molecule has 0 bridgehead atoms. The minimum Gasteiger partial charge on any atom is -0.393 e. The second-order valence-electron chi connectivity index (χ2n) is 34.9. The van der Waals surface area contributed by atoms with Gasteiger partial charge in [-0.2, -0.15) is 0 Å². The lowest BCUT2D eigenvalue weighted by molar-refractivity contribution is -0.119. The van der Waals surface area contributed by atoms with Crippen molar-refractivity contribution in [2.24, 2.45) is 59.2 Å². The molecule has 0 radical (unpaired) electrons. The zero-order chi connectivity index (χ0) is 91.6. The topological polar surface area (TPSA) is 257 Å². The van der Waals surface area contributed by atoms with Gasteiger partial charge in [-0.15, -0.1) is 12.3 Å². The van der Waals surface area contributed by atoms with E-state index >= 15 is 0 Å². The summed E-state index contributed by atoms with van der Waals surface area (Å²) in [6, 6.07) is 0. The van der Waals surface area contributed by atoms with Gasteiger partial charge in [0.25, 0.3) is 0 Å². The van der Waals surface area contributed by atoms with E-state index in [0.29, 0.717) is 84.2 Å². The number of aliphatic hydroxyl groups excluding tert-OH is 11. The second-order valence-corrected chi connectivity index (χ2v) is 34.9. The van der Waals surface area contributed by atoms with Crippen LogP contribution in [0, 0.1) is 71.5 Å². The highest BCUT2D eigenvalue weighted by Gasteiger charge is 2.14. The molecule has 0 rings (SSSR count). The van der Waals surface area contributed by atoms with E-state index < -0.39 is 0 Å². The molecule has 0 heterocycles. The first-order valence-corrected chi connectivity index (χ1v) is 47.6. The molecule has 116 heavy (non-hydrogen) atoms. The van der Waals surface area contributed by atoms with Crippen molar-refractivity contribution >= 4 is 11.6 Å². The van der Waals surface area contributed by atoms with Gasteiger partial charge in [-0.3, -0.25) is 4.79 Å². The molecule has 0 saturated carbocycles. The molecule has 0 fully saturated rings. The van der Waals surface area contributed by atoms with Gasteiger partial charge in [-0.25, -0.2) is 0 Å². The number of hydrogen-bond donors (Lipinski definition) is 11. The van der Waals surface area contributed by atoms with Gasteiger partial charge in [-0.05, 0) is 271 Å². The summed E-state index contributed by atoms with van der Waals surface area (Å²) in [5.74, 6) is 7.13. The number of terminal acetylenes is 1. The summed E-state index contributed by atoms with van der Waals surface area (Å²) >= 11 is 0. The van der Waals surface area contributed by atoms with E-state index in [4.69, 9.17) is 42.2 Å². The molecule has 0 aliphatic carbocycles. The highest BCUT2D eigenvalue weighted by atomic mass is 16.3. The first-order chi connectivity index (χ1) is 54.4. The molecule has 11 N–H and O–H groups in total. The molecule has 21 atom stereocenters. The van der Waals surface area contributed by atoms with Crippen LogP contribution in [0.4, 0.5) is 0 Å². The monoisotopic (exact) mass is 1650 g/mol. The summed E-state index contributed by atoms with van der Waals surface area (Å²) in [5, 5.41) is 101. The maximum atomic E-state index is 10.9. The van der Waals surface area contributed by atoms with Gasteiger partial charge in [-0.1, -0.05) is 274 Å². The van der Waals surface area contributed by atoms with Crippen LogP contribution in [0.1, 0.15) is 451 Å². The van der Waals surface area contributed by atoms with Gasteiger partial charge in [0.2, 0.25) is 0 Å². The average Bonchev–Trinajstić information content (AvgIpc) is 0.993.